The van der Waals surface area contributed by atoms with Crippen molar-refractivity contribution in [3.05, 3.63) is 42.0 Å². The van der Waals surface area contributed by atoms with Crippen LogP contribution in [0.3, 0.4) is 0 Å². The molecule has 1 aliphatic heterocycles. The summed E-state index contributed by atoms with van der Waals surface area (Å²) in [4.78, 5) is 15.1. The monoisotopic (exact) mass is 438 g/mol. The van der Waals surface area contributed by atoms with Crippen LogP contribution in [0.4, 0.5) is 0 Å². The zero-order valence-corrected chi connectivity index (χ0v) is 19.7. The quantitative estimate of drug-likeness (QED) is 0.275. The molecule has 0 atom stereocenters. The maximum absolute atomic E-state index is 13.1. The molecule has 0 radical (unpaired) electrons. The highest BCUT2D eigenvalue weighted by atomic mass is 32.2. The highest BCUT2D eigenvalue weighted by molar-refractivity contribution is 7.99. The van der Waals surface area contributed by atoms with Gasteiger partial charge in [-0.05, 0) is 61.8 Å². The molecular formula is C26H34N2O2S. The second-order valence-electron chi connectivity index (χ2n) is 8.38. The van der Waals surface area contributed by atoms with E-state index < -0.39 is 0 Å². The van der Waals surface area contributed by atoms with E-state index in [1.807, 2.05) is 11.0 Å². The van der Waals surface area contributed by atoms with Crippen molar-refractivity contribution >= 4 is 39.5 Å². The van der Waals surface area contributed by atoms with Gasteiger partial charge in [-0.25, -0.2) is 0 Å². The van der Waals surface area contributed by atoms with Crippen molar-refractivity contribution < 1.29 is 9.53 Å². The van der Waals surface area contributed by atoms with Crippen molar-refractivity contribution in [3.8, 4) is 5.75 Å². The number of ether oxygens (including phenoxy) is 1. The number of amides is 1. The predicted octanol–water partition coefficient (Wildman–Crippen LogP) is 6.70. The molecule has 0 bridgehead atoms. The number of fused-ring (bicyclic) bond motifs is 3. The smallest absolute Gasteiger partial charge is 0.253 e. The molecule has 0 aliphatic carbocycles. The lowest BCUT2D eigenvalue weighted by Crippen LogP contribution is -2.35. The van der Waals surface area contributed by atoms with Crippen molar-refractivity contribution in [2.75, 3.05) is 24.8 Å². The van der Waals surface area contributed by atoms with Crippen LogP contribution in [-0.2, 0) is 6.54 Å². The Morgan fingerprint density at radius 2 is 1.81 bits per heavy atom. The first-order valence-electron chi connectivity index (χ1n) is 11.8. The van der Waals surface area contributed by atoms with Crippen LogP contribution in [0.1, 0.15) is 62.7 Å². The zero-order chi connectivity index (χ0) is 21.6. The molecule has 4 rings (SSSR count). The molecule has 4 nitrogen and oxygen atoms in total. The van der Waals surface area contributed by atoms with Crippen molar-refractivity contribution in [2.24, 2.45) is 0 Å². The number of carbonyl (C=O) groups is 1. The van der Waals surface area contributed by atoms with E-state index in [0.29, 0.717) is 5.94 Å². The summed E-state index contributed by atoms with van der Waals surface area (Å²) in [6.07, 6.45) is 7.04. The number of piperidine rings is 1. The van der Waals surface area contributed by atoms with Gasteiger partial charge in [0.25, 0.3) is 5.91 Å². The summed E-state index contributed by atoms with van der Waals surface area (Å²) in [5, 5.41) is 2.37. The lowest BCUT2D eigenvalue weighted by molar-refractivity contribution is 0.0724. The highest BCUT2D eigenvalue weighted by Crippen LogP contribution is 2.33. The third-order valence-electron chi connectivity index (χ3n) is 6.23. The molecule has 0 N–H and O–H groups in total. The van der Waals surface area contributed by atoms with Gasteiger partial charge in [0.15, 0.2) is 0 Å². The van der Waals surface area contributed by atoms with E-state index in [2.05, 4.69) is 48.7 Å². The molecule has 166 valence electrons. The second-order valence-corrected chi connectivity index (χ2v) is 9.60. The van der Waals surface area contributed by atoms with Gasteiger partial charge in [-0.15, -0.1) is 11.8 Å². The van der Waals surface area contributed by atoms with Crippen molar-refractivity contribution in [2.45, 2.75) is 58.9 Å². The van der Waals surface area contributed by atoms with Crippen molar-refractivity contribution in [3.63, 3.8) is 0 Å². The van der Waals surface area contributed by atoms with Gasteiger partial charge in [-0.1, -0.05) is 26.7 Å². The van der Waals surface area contributed by atoms with Crippen LogP contribution in [0, 0.1) is 0 Å². The molecule has 5 heteroatoms. The first kappa shape index (κ1) is 22.1. The second kappa shape index (κ2) is 10.4. The molecule has 1 fully saturated rings. The summed E-state index contributed by atoms with van der Waals surface area (Å²) in [5.41, 5.74) is 3.22. The van der Waals surface area contributed by atoms with Crippen LogP contribution in [0.2, 0.25) is 0 Å². The third kappa shape index (κ3) is 4.87. The van der Waals surface area contributed by atoms with E-state index in [-0.39, 0.29) is 5.91 Å². The summed E-state index contributed by atoms with van der Waals surface area (Å²) >= 11 is 1.78. The van der Waals surface area contributed by atoms with Crippen molar-refractivity contribution in [1.29, 1.82) is 0 Å². The topological polar surface area (TPSA) is 34.5 Å². The Morgan fingerprint density at radius 3 is 2.58 bits per heavy atom. The van der Waals surface area contributed by atoms with Gasteiger partial charge in [0.05, 0.1) is 5.52 Å². The first-order valence-corrected chi connectivity index (χ1v) is 12.9. The number of carbonyl (C=O) groups excluding carboxylic acids is 1. The fourth-order valence-corrected chi connectivity index (χ4v) is 4.92. The number of likely N-dealkylation sites (tertiary alicyclic amines) is 1. The molecule has 0 spiro atoms. The van der Waals surface area contributed by atoms with Crippen LogP contribution >= 0.6 is 11.8 Å². The molecule has 2 aromatic carbocycles. The van der Waals surface area contributed by atoms with Gasteiger partial charge in [-0.2, -0.15) is 0 Å². The Labute approximate surface area is 189 Å². The number of thioether (sulfide) groups is 1. The molecular weight excluding hydrogens is 404 g/mol. The largest absolute Gasteiger partial charge is 0.483 e. The van der Waals surface area contributed by atoms with E-state index in [1.54, 1.807) is 11.8 Å². The average molecular weight is 439 g/mol. The minimum Gasteiger partial charge on any atom is -0.483 e. The van der Waals surface area contributed by atoms with Gasteiger partial charge in [0.1, 0.15) is 11.7 Å². The number of nitrogens with zero attached hydrogens (tertiary/aromatic N) is 2. The van der Waals surface area contributed by atoms with Crippen LogP contribution in [0.15, 0.2) is 36.4 Å². The number of aromatic nitrogens is 1. The minimum absolute atomic E-state index is 0.171. The van der Waals surface area contributed by atoms with Gasteiger partial charge >= 0.3 is 0 Å². The molecule has 2 heterocycles. The fourth-order valence-electron chi connectivity index (χ4n) is 4.54. The van der Waals surface area contributed by atoms with Gasteiger partial charge in [0, 0.05) is 47.6 Å². The van der Waals surface area contributed by atoms with Crippen molar-refractivity contribution in [1.82, 2.24) is 9.47 Å². The molecule has 1 amide bonds. The summed E-state index contributed by atoms with van der Waals surface area (Å²) in [5.74, 6) is 2.81. The van der Waals surface area contributed by atoms with Crippen LogP contribution in [0.25, 0.3) is 21.8 Å². The number of hydrogen-bond donors (Lipinski definition) is 0. The average Bonchev–Trinajstić information content (AvgIpc) is 3.12. The van der Waals surface area contributed by atoms with Gasteiger partial charge < -0.3 is 14.2 Å². The maximum atomic E-state index is 13.1. The predicted molar refractivity (Wildman–Crippen MR) is 132 cm³/mol. The number of hydrogen-bond acceptors (Lipinski definition) is 3. The Morgan fingerprint density at radius 1 is 0.968 bits per heavy atom. The van der Waals surface area contributed by atoms with Crippen LogP contribution < -0.4 is 4.74 Å². The molecule has 0 unspecified atom stereocenters. The Balaban J connectivity index is 1.73. The van der Waals surface area contributed by atoms with E-state index in [1.165, 1.54) is 41.1 Å². The number of rotatable bonds is 9. The number of aryl methyl sites for hydroxylation is 1. The number of unbranched alkanes of at least 4 members (excludes halogenated alkanes) is 2. The molecule has 1 aromatic heterocycles. The highest BCUT2D eigenvalue weighted by Gasteiger charge is 2.20. The fraction of sp³-hybridized carbons (Fsp3) is 0.500. The molecule has 1 aliphatic rings. The third-order valence-corrected chi connectivity index (χ3v) is 6.92. The summed E-state index contributed by atoms with van der Waals surface area (Å²) in [6, 6.07) is 12.7. The minimum atomic E-state index is 0.171. The summed E-state index contributed by atoms with van der Waals surface area (Å²) < 4.78 is 8.37. The lowest BCUT2D eigenvalue weighted by atomic mass is 10.1. The number of benzene rings is 2. The Kier molecular flexibility index (Phi) is 7.44. The van der Waals surface area contributed by atoms with E-state index in [0.717, 1.165) is 56.0 Å². The molecule has 1 saturated heterocycles. The normalized spacial score (nSPS) is 14.5. The van der Waals surface area contributed by atoms with Gasteiger partial charge in [0.2, 0.25) is 0 Å². The molecule has 0 saturated carbocycles. The Bertz CT molecular complexity index is 1040. The standard InChI is InChI=1S/C26H34N2O2S/c1-3-5-7-16-28-24-13-10-20(26(29)27-14-8-6-9-15-27)17-23(24)22-12-11-21(18-25(22)28)30-19-31-4-2/h10-13,17-18H,3-9,14-16,19H2,1-2H3. The molecule has 3 aromatic rings. The Hall–Kier alpha value is -2.14. The summed E-state index contributed by atoms with van der Waals surface area (Å²) in [6.45, 7) is 7.13. The van der Waals surface area contributed by atoms with Crippen LogP contribution in [0.5, 0.6) is 5.75 Å². The molecule has 31 heavy (non-hydrogen) atoms. The summed E-state index contributed by atoms with van der Waals surface area (Å²) in [7, 11) is 0. The van der Waals surface area contributed by atoms with Crippen LogP contribution in [-0.4, -0.2) is 40.2 Å². The SMILES string of the molecule is CCCCCn1c2ccc(C(=O)N3CCCCC3)cc2c2ccc(OCSCC)cc21. The first-order chi connectivity index (χ1) is 15.2. The maximum Gasteiger partial charge on any atom is 0.253 e. The van der Waals surface area contributed by atoms with E-state index >= 15 is 0 Å². The lowest BCUT2D eigenvalue weighted by Gasteiger charge is -2.26. The van der Waals surface area contributed by atoms with E-state index in [9.17, 15) is 4.79 Å². The van der Waals surface area contributed by atoms with Gasteiger partial charge in [-0.3, -0.25) is 4.79 Å². The van der Waals surface area contributed by atoms with E-state index in [4.69, 9.17) is 4.74 Å². The zero-order valence-electron chi connectivity index (χ0n) is 18.9.